The molecule has 0 spiro atoms. The largest absolute Gasteiger partial charge is 0.335 e. The fraction of sp³-hybridized carbons (Fsp3) is 0.320. The fourth-order valence-electron chi connectivity index (χ4n) is 4.27. The highest BCUT2D eigenvalue weighted by Gasteiger charge is 2.33. The summed E-state index contributed by atoms with van der Waals surface area (Å²) in [7, 11) is 0. The van der Waals surface area contributed by atoms with E-state index in [-0.39, 0.29) is 0 Å². The van der Waals surface area contributed by atoms with Crippen LogP contribution in [0.25, 0.3) is 16.6 Å². The van der Waals surface area contributed by atoms with E-state index < -0.39 is 0 Å². The first kappa shape index (κ1) is 17.8. The number of pyridine rings is 1. The Kier molecular flexibility index (Phi) is 4.10. The molecule has 4 rings (SSSR count). The predicted molar refractivity (Wildman–Crippen MR) is 115 cm³/mol. The van der Waals surface area contributed by atoms with E-state index in [1.165, 1.54) is 44.5 Å². The van der Waals surface area contributed by atoms with Gasteiger partial charge in [-0.2, -0.15) is 0 Å². The molecule has 0 saturated heterocycles. The number of fused-ring (bicyclic) bond motifs is 4. The number of allylic oxidation sites excluding steroid dienone is 4. The summed E-state index contributed by atoms with van der Waals surface area (Å²) in [4.78, 5) is 7.41. The average molecular weight is 357 g/mol. The molecule has 1 aromatic carbocycles. The first-order valence-corrected chi connectivity index (χ1v) is 9.80. The summed E-state index contributed by atoms with van der Waals surface area (Å²) in [6, 6.07) is 6.64. The van der Waals surface area contributed by atoms with Gasteiger partial charge in [0.05, 0.1) is 23.5 Å². The van der Waals surface area contributed by atoms with Gasteiger partial charge in [-0.1, -0.05) is 38.6 Å². The molecule has 0 unspecified atom stereocenters. The molecule has 3 heterocycles. The number of aromatic nitrogens is 1. The van der Waals surface area contributed by atoms with E-state index in [2.05, 4.69) is 77.0 Å². The van der Waals surface area contributed by atoms with Gasteiger partial charge in [-0.25, -0.2) is 4.98 Å². The second-order valence-electron chi connectivity index (χ2n) is 7.99. The van der Waals surface area contributed by atoms with Crippen LogP contribution in [-0.2, 0) is 6.54 Å². The van der Waals surface area contributed by atoms with Crippen molar-refractivity contribution in [3.8, 4) is 0 Å². The third kappa shape index (κ3) is 2.58. The molecule has 2 aliphatic rings. The number of rotatable bonds is 3. The van der Waals surface area contributed by atoms with Crippen LogP contribution < -0.4 is 0 Å². The molecular formula is C25H28N2. The predicted octanol–water partition coefficient (Wildman–Crippen LogP) is 6.45. The third-order valence-electron chi connectivity index (χ3n) is 6.35. The van der Waals surface area contributed by atoms with Gasteiger partial charge < -0.3 is 4.90 Å². The van der Waals surface area contributed by atoms with Crippen LogP contribution in [0.4, 0.5) is 0 Å². The molecule has 0 radical (unpaired) electrons. The molecule has 27 heavy (non-hydrogen) atoms. The molecule has 0 fully saturated rings. The Bertz CT molecular complexity index is 1070. The van der Waals surface area contributed by atoms with Crippen molar-refractivity contribution in [1.82, 2.24) is 9.88 Å². The first-order valence-electron chi connectivity index (χ1n) is 9.80. The lowest BCUT2D eigenvalue weighted by atomic mass is 9.85. The molecule has 1 atom stereocenters. The Hall–Kier alpha value is -2.61. The van der Waals surface area contributed by atoms with Crippen LogP contribution in [0.5, 0.6) is 0 Å². The van der Waals surface area contributed by atoms with E-state index in [0.717, 1.165) is 29.9 Å². The molecule has 0 aliphatic carbocycles. The molecule has 0 bridgehead atoms. The van der Waals surface area contributed by atoms with Gasteiger partial charge in [0.1, 0.15) is 0 Å². The number of hydrogen-bond acceptors (Lipinski definition) is 2. The van der Waals surface area contributed by atoms with E-state index in [1.807, 2.05) is 0 Å². The zero-order valence-electron chi connectivity index (χ0n) is 17.1. The molecule has 2 nitrogen and oxygen atoms in total. The van der Waals surface area contributed by atoms with Crippen molar-refractivity contribution >= 4 is 16.6 Å². The fourth-order valence-corrected chi connectivity index (χ4v) is 4.27. The van der Waals surface area contributed by atoms with Crippen LogP contribution in [0.1, 0.15) is 49.6 Å². The number of aryl methyl sites for hydroxylation is 2. The van der Waals surface area contributed by atoms with Crippen molar-refractivity contribution in [2.45, 2.75) is 47.6 Å². The minimum absolute atomic E-state index is 0.320. The summed E-state index contributed by atoms with van der Waals surface area (Å²) in [5.74, 6) is 0.320. The molecule has 2 aromatic rings. The molecule has 2 aliphatic heterocycles. The second-order valence-corrected chi connectivity index (χ2v) is 7.99. The monoisotopic (exact) mass is 356 g/mol. The topological polar surface area (TPSA) is 16.1 Å². The summed E-state index contributed by atoms with van der Waals surface area (Å²) in [5, 5.41) is 1.26. The van der Waals surface area contributed by atoms with Gasteiger partial charge in [0, 0.05) is 22.6 Å². The standard InChI is InChI=1S/C25H28N2/c1-8-20-18(7)27-13-19-11-22-17(6)15(4)9-10-23(22)26-25(19)24(27)12-21(20)16(5)14(2)3/h9-12,16H,2,7-8,13H2,1,3-6H3/t16-/m0/s1. The SMILES string of the molecule is C=C(C)[C@H](C)C1=C(CC)C(=C)N2Cc3cc4c(C)c(C)ccc4nc3C2=C1. The van der Waals surface area contributed by atoms with Gasteiger partial charge in [-0.05, 0) is 67.7 Å². The number of nitrogens with zero attached hydrogens (tertiary/aromatic N) is 2. The molecule has 0 saturated carbocycles. The second kappa shape index (κ2) is 6.23. The van der Waals surface area contributed by atoms with Crippen molar-refractivity contribution in [3.05, 3.63) is 82.2 Å². The Morgan fingerprint density at radius 2 is 2.04 bits per heavy atom. The lowest BCUT2D eigenvalue weighted by Gasteiger charge is -2.32. The van der Waals surface area contributed by atoms with Crippen molar-refractivity contribution in [1.29, 1.82) is 0 Å². The minimum atomic E-state index is 0.320. The lowest BCUT2D eigenvalue weighted by Crippen LogP contribution is -2.22. The summed E-state index contributed by atoms with van der Waals surface area (Å²) in [6.07, 6.45) is 3.31. The Labute approximate surface area is 162 Å². The van der Waals surface area contributed by atoms with Gasteiger partial charge in [-0.3, -0.25) is 0 Å². The highest BCUT2D eigenvalue weighted by Crippen LogP contribution is 2.45. The van der Waals surface area contributed by atoms with Gasteiger partial charge in [0.2, 0.25) is 0 Å². The zero-order valence-corrected chi connectivity index (χ0v) is 17.1. The van der Waals surface area contributed by atoms with Crippen LogP contribution in [0.2, 0.25) is 0 Å². The maximum atomic E-state index is 5.07. The van der Waals surface area contributed by atoms with Gasteiger partial charge in [-0.15, -0.1) is 0 Å². The molecule has 1 aromatic heterocycles. The zero-order chi connectivity index (χ0) is 19.5. The van der Waals surface area contributed by atoms with Crippen molar-refractivity contribution in [3.63, 3.8) is 0 Å². The van der Waals surface area contributed by atoms with Crippen molar-refractivity contribution in [2.75, 3.05) is 0 Å². The third-order valence-corrected chi connectivity index (χ3v) is 6.35. The highest BCUT2D eigenvalue weighted by atomic mass is 15.2. The molecular weight excluding hydrogens is 328 g/mol. The molecule has 2 heteroatoms. The Balaban J connectivity index is 1.93. The number of hydrogen-bond donors (Lipinski definition) is 0. The van der Waals surface area contributed by atoms with Crippen LogP contribution in [0, 0.1) is 19.8 Å². The van der Waals surface area contributed by atoms with E-state index in [4.69, 9.17) is 4.98 Å². The lowest BCUT2D eigenvalue weighted by molar-refractivity contribution is 0.504. The Morgan fingerprint density at radius 3 is 2.70 bits per heavy atom. The molecule has 0 N–H and O–H groups in total. The maximum Gasteiger partial charge on any atom is 0.0924 e. The molecule has 0 amide bonds. The quantitative estimate of drug-likeness (QED) is 0.587. The van der Waals surface area contributed by atoms with E-state index >= 15 is 0 Å². The maximum absolute atomic E-state index is 5.07. The average Bonchev–Trinajstić information content (AvgIpc) is 3.01. The smallest absolute Gasteiger partial charge is 0.0924 e. The van der Waals surface area contributed by atoms with Crippen LogP contribution in [-0.4, -0.2) is 9.88 Å². The summed E-state index contributed by atoms with van der Waals surface area (Å²) in [6.45, 7) is 20.4. The Morgan fingerprint density at radius 1 is 1.30 bits per heavy atom. The summed E-state index contributed by atoms with van der Waals surface area (Å²) >= 11 is 0. The summed E-state index contributed by atoms with van der Waals surface area (Å²) < 4.78 is 0. The van der Waals surface area contributed by atoms with Crippen molar-refractivity contribution in [2.24, 2.45) is 5.92 Å². The van der Waals surface area contributed by atoms with Gasteiger partial charge >= 0.3 is 0 Å². The normalized spacial score (nSPS) is 17.1. The molecule has 138 valence electrons. The van der Waals surface area contributed by atoms with Crippen molar-refractivity contribution < 1.29 is 0 Å². The minimum Gasteiger partial charge on any atom is -0.335 e. The van der Waals surface area contributed by atoms with E-state index in [1.54, 1.807) is 0 Å². The summed E-state index contributed by atoms with van der Waals surface area (Å²) in [5.41, 5.74) is 12.3. The van der Waals surface area contributed by atoms with Crippen LogP contribution >= 0.6 is 0 Å². The highest BCUT2D eigenvalue weighted by molar-refractivity contribution is 5.88. The van der Waals surface area contributed by atoms with E-state index in [9.17, 15) is 0 Å². The van der Waals surface area contributed by atoms with Gasteiger partial charge in [0.15, 0.2) is 0 Å². The van der Waals surface area contributed by atoms with E-state index in [0.29, 0.717) is 5.92 Å². The van der Waals surface area contributed by atoms with Gasteiger partial charge in [0.25, 0.3) is 0 Å². The first-order chi connectivity index (χ1) is 12.8. The van der Waals surface area contributed by atoms with Crippen LogP contribution in [0.3, 0.4) is 0 Å². The van der Waals surface area contributed by atoms with Crippen LogP contribution in [0.15, 0.2) is 59.8 Å². The number of benzene rings is 1.